The van der Waals surface area contributed by atoms with Crippen LogP contribution in [0, 0.1) is 5.82 Å². The van der Waals surface area contributed by atoms with Crippen molar-refractivity contribution in [1.29, 1.82) is 0 Å². The Morgan fingerprint density at radius 1 is 1.11 bits per heavy atom. The second-order valence-corrected chi connectivity index (χ2v) is 5.95. The van der Waals surface area contributed by atoms with Gasteiger partial charge in [-0.2, -0.15) is 0 Å². The van der Waals surface area contributed by atoms with Crippen molar-refractivity contribution in [1.82, 2.24) is 4.98 Å². The van der Waals surface area contributed by atoms with Crippen LogP contribution in [0.2, 0.25) is 10.0 Å². The van der Waals surface area contributed by atoms with Crippen molar-refractivity contribution in [2.45, 2.75) is 0 Å². The van der Waals surface area contributed by atoms with Crippen molar-refractivity contribution in [3.8, 4) is 0 Å². The average molecular weight is 415 g/mol. The van der Waals surface area contributed by atoms with E-state index in [0.29, 0.717) is 11.5 Å². The van der Waals surface area contributed by atoms with Gasteiger partial charge in [-0.15, -0.1) is 0 Å². The van der Waals surface area contributed by atoms with Crippen LogP contribution >= 0.6 is 55.1 Å². The van der Waals surface area contributed by atoms with Crippen LogP contribution in [-0.4, -0.2) is 4.98 Å². The lowest BCUT2D eigenvalue weighted by Crippen LogP contribution is -1.95. The van der Waals surface area contributed by atoms with Gasteiger partial charge in [-0.05, 0) is 50.1 Å². The molecule has 18 heavy (non-hydrogen) atoms. The molecule has 1 aromatic heterocycles. The van der Waals surface area contributed by atoms with Crippen LogP contribution < -0.4 is 5.32 Å². The summed E-state index contributed by atoms with van der Waals surface area (Å²) in [6, 6.07) is 4.72. The molecule has 1 N–H and O–H groups in total. The van der Waals surface area contributed by atoms with Gasteiger partial charge in [0.05, 0.1) is 14.5 Å². The fourth-order valence-electron chi connectivity index (χ4n) is 1.27. The van der Waals surface area contributed by atoms with E-state index < -0.39 is 5.82 Å². The van der Waals surface area contributed by atoms with E-state index in [4.69, 9.17) is 23.2 Å². The van der Waals surface area contributed by atoms with Gasteiger partial charge in [0.2, 0.25) is 0 Å². The summed E-state index contributed by atoms with van der Waals surface area (Å²) in [6.07, 6.45) is 1.64. The topological polar surface area (TPSA) is 24.9 Å². The summed E-state index contributed by atoms with van der Waals surface area (Å²) in [5, 5.41) is 2.91. The molecule has 0 bridgehead atoms. The average Bonchev–Trinajstić information content (AvgIpc) is 2.29. The van der Waals surface area contributed by atoms with Gasteiger partial charge < -0.3 is 5.32 Å². The highest BCUT2D eigenvalue weighted by molar-refractivity contribution is 9.11. The lowest BCUT2D eigenvalue weighted by atomic mass is 10.3. The molecule has 1 aromatic carbocycles. The SMILES string of the molecule is Fc1c(Cl)cc(Nc2ncc(Br)cc2Br)cc1Cl. The van der Waals surface area contributed by atoms with Crippen molar-refractivity contribution in [2.24, 2.45) is 0 Å². The second-order valence-electron chi connectivity index (χ2n) is 3.36. The number of aromatic nitrogens is 1. The van der Waals surface area contributed by atoms with Crippen molar-refractivity contribution in [3.05, 3.63) is 49.2 Å². The molecule has 0 aliphatic rings. The molecule has 0 unspecified atom stereocenters. The summed E-state index contributed by atoms with van der Waals surface area (Å²) in [4.78, 5) is 4.17. The number of benzene rings is 1. The summed E-state index contributed by atoms with van der Waals surface area (Å²) in [7, 11) is 0. The highest BCUT2D eigenvalue weighted by atomic mass is 79.9. The molecule has 0 amide bonds. The number of nitrogens with one attached hydrogen (secondary N) is 1. The molecule has 0 radical (unpaired) electrons. The van der Waals surface area contributed by atoms with E-state index in [1.807, 2.05) is 6.07 Å². The maximum atomic E-state index is 13.3. The third kappa shape index (κ3) is 3.15. The molecule has 0 spiro atoms. The van der Waals surface area contributed by atoms with E-state index in [9.17, 15) is 4.39 Å². The van der Waals surface area contributed by atoms with Crippen molar-refractivity contribution >= 4 is 66.6 Å². The smallest absolute Gasteiger partial charge is 0.160 e. The Morgan fingerprint density at radius 2 is 1.72 bits per heavy atom. The van der Waals surface area contributed by atoms with E-state index in [2.05, 4.69) is 42.2 Å². The number of nitrogens with zero attached hydrogens (tertiary/aromatic N) is 1. The minimum absolute atomic E-state index is 0.0433. The number of hydrogen-bond donors (Lipinski definition) is 1. The number of halogens is 5. The van der Waals surface area contributed by atoms with Crippen molar-refractivity contribution in [2.75, 3.05) is 5.32 Å². The minimum Gasteiger partial charge on any atom is -0.339 e. The Morgan fingerprint density at radius 3 is 2.28 bits per heavy atom. The van der Waals surface area contributed by atoms with Crippen LogP contribution in [0.15, 0.2) is 33.3 Å². The first kappa shape index (κ1) is 14.1. The Hall–Kier alpha value is -0.360. The summed E-state index contributed by atoms with van der Waals surface area (Å²) < 4.78 is 14.9. The van der Waals surface area contributed by atoms with Gasteiger partial charge in [0.15, 0.2) is 5.82 Å². The van der Waals surface area contributed by atoms with Gasteiger partial charge in [-0.25, -0.2) is 9.37 Å². The second kappa shape index (κ2) is 5.74. The van der Waals surface area contributed by atoms with E-state index in [0.717, 1.165) is 8.95 Å². The summed E-state index contributed by atoms with van der Waals surface area (Å²) >= 11 is 18.1. The van der Waals surface area contributed by atoms with E-state index in [1.165, 1.54) is 12.1 Å². The summed E-state index contributed by atoms with van der Waals surface area (Å²) in [5.41, 5.74) is 0.557. The molecule has 0 atom stereocenters. The molecule has 2 aromatic rings. The van der Waals surface area contributed by atoms with Crippen LogP contribution in [0.5, 0.6) is 0 Å². The van der Waals surface area contributed by atoms with Crippen LogP contribution in [0.1, 0.15) is 0 Å². The van der Waals surface area contributed by atoms with E-state index >= 15 is 0 Å². The molecular weight excluding hydrogens is 410 g/mol. The summed E-state index contributed by atoms with van der Waals surface area (Å²) in [5.74, 6) is -0.0522. The van der Waals surface area contributed by atoms with Crippen LogP contribution in [-0.2, 0) is 0 Å². The largest absolute Gasteiger partial charge is 0.339 e. The predicted molar refractivity (Wildman–Crippen MR) is 79.3 cm³/mol. The highest BCUT2D eigenvalue weighted by Gasteiger charge is 2.09. The first-order valence-electron chi connectivity index (χ1n) is 4.70. The number of pyridine rings is 1. The zero-order valence-electron chi connectivity index (χ0n) is 8.65. The first-order chi connectivity index (χ1) is 8.47. The molecule has 0 aliphatic carbocycles. The van der Waals surface area contributed by atoms with Gasteiger partial charge >= 0.3 is 0 Å². The monoisotopic (exact) mass is 412 g/mol. The molecular formula is C11H5Br2Cl2FN2. The molecule has 0 fully saturated rings. The molecule has 0 saturated carbocycles. The standard InChI is InChI=1S/C11H5Br2Cl2FN2/c12-5-1-7(13)11(17-4-5)18-6-2-8(14)10(16)9(15)3-6/h1-4H,(H,17,18). The molecule has 1 heterocycles. The quantitative estimate of drug-likeness (QED) is 0.628. The molecule has 94 valence electrons. The first-order valence-corrected chi connectivity index (χ1v) is 7.04. The Balaban J connectivity index is 2.34. The van der Waals surface area contributed by atoms with Crippen LogP contribution in [0.4, 0.5) is 15.9 Å². The lowest BCUT2D eigenvalue weighted by Gasteiger charge is -2.09. The van der Waals surface area contributed by atoms with E-state index in [-0.39, 0.29) is 10.0 Å². The van der Waals surface area contributed by atoms with Gasteiger partial charge in [0.1, 0.15) is 5.82 Å². The highest BCUT2D eigenvalue weighted by Crippen LogP contribution is 2.31. The zero-order valence-corrected chi connectivity index (χ0v) is 13.3. The lowest BCUT2D eigenvalue weighted by molar-refractivity contribution is 0.629. The Bertz CT molecular complexity index is 585. The fraction of sp³-hybridized carbons (Fsp3) is 0. The van der Waals surface area contributed by atoms with Crippen LogP contribution in [0.3, 0.4) is 0 Å². The Labute approximate surface area is 130 Å². The Kier molecular flexibility index (Phi) is 4.48. The predicted octanol–water partition coefficient (Wildman–Crippen LogP) is 5.80. The number of hydrogen-bond acceptors (Lipinski definition) is 2. The normalized spacial score (nSPS) is 10.5. The third-order valence-electron chi connectivity index (χ3n) is 2.05. The van der Waals surface area contributed by atoms with Gasteiger partial charge in [0, 0.05) is 16.4 Å². The van der Waals surface area contributed by atoms with Gasteiger partial charge in [-0.1, -0.05) is 23.2 Å². The van der Waals surface area contributed by atoms with Crippen molar-refractivity contribution < 1.29 is 4.39 Å². The molecule has 0 saturated heterocycles. The number of rotatable bonds is 2. The molecule has 2 nitrogen and oxygen atoms in total. The molecule has 7 heteroatoms. The van der Waals surface area contributed by atoms with Gasteiger partial charge in [-0.3, -0.25) is 0 Å². The summed E-state index contributed by atoms with van der Waals surface area (Å²) in [6.45, 7) is 0. The maximum absolute atomic E-state index is 13.3. The maximum Gasteiger partial charge on any atom is 0.160 e. The van der Waals surface area contributed by atoms with Gasteiger partial charge in [0.25, 0.3) is 0 Å². The third-order valence-corrected chi connectivity index (χ3v) is 3.64. The van der Waals surface area contributed by atoms with E-state index in [1.54, 1.807) is 6.20 Å². The zero-order chi connectivity index (χ0) is 13.3. The molecule has 0 aliphatic heterocycles. The van der Waals surface area contributed by atoms with Crippen molar-refractivity contribution in [3.63, 3.8) is 0 Å². The van der Waals surface area contributed by atoms with Crippen LogP contribution in [0.25, 0.3) is 0 Å². The fourth-order valence-corrected chi connectivity index (χ4v) is 2.84. The number of anilines is 2. The minimum atomic E-state index is -0.633. The molecule has 2 rings (SSSR count).